The van der Waals surface area contributed by atoms with Gasteiger partial charge in [-0.3, -0.25) is 10.0 Å². The highest BCUT2D eigenvalue weighted by Crippen LogP contribution is 2.40. The summed E-state index contributed by atoms with van der Waals surface area (Å²) in [7, 11) is -2.29. The summed E-state index contributed by atoms with van der Waals surface area (Å²) in [6.45, 7) is 0.255. The Morgan fingerprint density at radius 2 is 1.95 bits per heavy atom. The van der Waals surface area contributed by atoms with Gasteiger partial charge in [0.2, 0.25) is 10.0 Å². The molecule has 0 saturated heterocycles. The number of benzene rings is 3. The molecular formula is C29H29N3O6S. The molecule has 5 rings (SSSR count). The molecule has 1 amide bonds. The van der Waals surface area contributed by atoms with Gasteiger partial charge in [0.05, 0.1) is 18.0 Å². The number of hydrogen-bond acceptors (Lipinski definition) is 6. The number of amides is 1. The van der Waals surface area contributed by atoms with Gasteiger partial charge in [-0.2, -0.15) is 4.31 Å². The first kappa shape index (κ1) is 26.5. The number of nitrogens with one attached hydrogen (secondary N) is 2. The molecule has 4 aromatic rings. The third-order valence-corrected chi connectivity index (χ3v) is 9.04. The zero-order valence-corrected chi connectivity index (χ0v) is 22.1. The summed E-state index contributed by atoms with van der Waals surface area (Å²) in [5.74, 6) is 0.105. The predicted octanol–water partition coefficient (Wildman–Crippen LogP) is 4.32. The molecule has 0 saturated carbocycles. The number of aryl methyl sites for hydroxylation is 1. The summed E-state index contributed by atoms with van der Waals surface area (Å²) in [4.78, 5) is 14.7. The number of phenols is 1. The van der Waals surface area contributed by atoms with E-state index < -0.39 is 15.9 Å². The van der Waals surface area contributed by atoms with Crippen LogP contribution in [-0.2, 0) is 27.7 Å². The van der Waals surface area contributed by atoms with Crippen LogP contribution in [0.4, 0.5) is 0 Å². The van der Waals surface area contributed by atoms with E-state index in [0.29, 0.717) is 19.3 Å². The summed E-state index contributed by atoms with van der Waals surface area (Å²) in [5, 5.41) is 19.4. The van der Waals surface area contributed by atoms with Gasteiger partial charge in [-0.15, -0.1) is 0 Å². The number of phenolic OH excluding ortho intramolecular Hbond substituents is 1. The second-order valence-corrected chi connectivity index (χ2v) is 11.3. The molecule has 1 aliphatic carbocycles. The molecule has 9 nitrogen and oxygen atoms in total. The number of fused-ring (bicyclic) bond motifs is 2. The lowest BCUT2D eigenvalue weighted by molar-refractivity contribution is -0.124. The van der Waals surface area contributed by atoms with Crippen molar-refractivity contribution in [2.45, 2.75) is 30.2 Å². The fraction of sp³-hybridized carbons (Fsp3) is 0.207. The summed E-state index contributed by atoms with van der Waals surface area (Å²) in [6, 6.07) is 16.7. The molecule has 202 valence electrons. The zero-order chi connectivity index (χ0) is 27.6. The number of rotatable bonds is 9. The minimum Gasteiger partial charge on any atom is -0.508 e. The van der Waals surface area contributed by atoms with Crippen molar-refractivity contribution in [2.24, 2.45) is 0 Å². The van der Waals surface area contributed by atoms with Crippen LogP contribution in [0.5, 0.6) is 11.5 Å². The average molecular weight is 548 g/mol. The fourth-order valence-electron chi connectivity index (χ4n) is 5.15. The second-order valence-electron chi connectivity index (χ2n) is 9.41. The summed E-state index contributed by atoms with van der Waals surface area (Å²) in [5.41, 5.74) is 6.19. The number of ether oxygens (including phenoxy) is 1. The number of methoxy groups -OCH3 is 1. The molecule has 1 atom stereocenters. The lowest BCUT2D eigenvalue weighted by Crippen LogP contribution is -2.35. The fourth-order valence-corrected chi connectivity index (χ4v) is 6.79. The summed E-state index contributed by atoms with van der Waals surface area (Å²) >= 11 is 0. The summed E-state index contributed by atoms with van der Waals surface area (Å²) in [6.07, 6.45) is 6.51. The molecule has 1 aromatic heterocycles. The third-order valence-electron chi connectivity index (χ3n) is 7.12. The van der Waals surface area contributed by atoms with E-state index in [4.69, 9.17) is 9.94 Å². The summed E-state index contributed by atoms with van der Waals surface area (Å²) < 4.78 is 34.8. The van der Waals surface area contributed by atoms with E-state index in [0.717, 1.165) is 38.9 Å². The minimum absolute atomic E-state index is 0.00334. The first-order chi connectivity index (χ1) is 18.8. The highest BCUT2D eigenvalue weighted by atomic mass is 32.2. The molecule has 0 aliphatic heterocycles. The van der Waals surface area contributed by atoms with E-state index in [1.54, 1.807) is 23.0 Å². The van der Waals surface area contributed by atoms with Crippen LogP contribution >= 0.6 is 0 Å². The van der Waals surface area contributed by atoms with Crippen molar-refractivity contribution in [3.05, 3.63) is 95.2 Å². The Kier molecular flexibility index (Phi) is 7.42. The molecular weight excluding hydrogens is 518 g/mol. The molecule has 0 fully saturated rings. The van der Waals surface area contributed by atoms with Crippen LogP contribution in [0.15, 0.2) is 77.8 Å². The van der Waals surface area contributed by atoms with Crippen LogP contribution in [0.25, 0.3) is 17.0 Å². The number of carbonyl (C=O) groups excluding carboxylic acids is 1. The Bertz CT molecular complexity index is 1640. The third kappa shape index (κ3) is 5.40. The van der Waals surface area contributed by atoms with Gasteiger partial charge in [0.1, 0.15) is 11.5 Å². The van der Waals surface area contributed by atoms with Gasteiger partial charge in [0.15, 0.2) is 0 Å². The highest BCUT2D eigenvalue weighted by Gasteiger charge is 2.36. The number of aromatic amines is 1. The number of aromatic hydroxyl groups is 1. The number of aromatic nitrogens is 1. The number of carbonyl (C=O) groups is 1. The first-order valence-corrected chi connectivity index (χ1v) is 13.9. The Morgan fingerprint density at radius 3 is 2.69 bits per heavy atom. The van der Waals surface area contributed by atoms with Crippen molar-refractivity contribution in [3.8, 4) is 11.5 Å². The lowest BCUT2D eigenvalue weighted by atomic mass is 10.0. The van der Waals surface area contributed by atoms with Crippen LogP contribution < -0.4 is 10.2 Å². The predicted molar refractivity (Wildman–Crippen MR) is 147 cm³/mol. The van der Waals surface area contributed by atoms with Crippen molar-refractivity contribution < 1.29 is 28.3 Å². The van der Waals surface area contributed by atoms with E-state index in [1.165, 1.54) is 30.3 Å². The van der Waals surface area contributed by atoms with Crippen molar-refractivity contribution >= 4 is 32.9 Å². The molecule has 1 unspecified atom stereocenters. The Hall–Kier alpha value is -4.12. The Labute approximate surface area is 226 Å². The van der Waals surface area contributed by atoms with Crippen molar-refractivity contribution in [3.63, 3.8) is 0 Å². The van der Waals surface area contributed by atoms with Gasteiger partial charge in [0, 0.05) is 35.8 Å². The first-order valence-electron chi connectivity index (χ1n) is 12.5. The van der Waals surface area contributed by atoms with Gasteiger partial charge in [-0.05, 0) is 84.0 Å². The zero-order valence-electron chi connectivity index (χ0n) is 21.3. The molecule has 39 heavy (non-hydrogen) atoms. The van der Waals surface area contributed by atoms with Gasteiger partial charge < -0.3 is 14.8 Å². The van der Waals surface area contributed by atoms with Crippen LogP contribution in [0.2, 0.25) is 0 Å². The van der Waals surface area contributed by atoms with Crippen LogP contribution in [0, 0.1) is 0 Å². The topological polar surface area (TPSA) is 132 Å². The van der Waals surface area contributed by atoms with E-state index >= 15 is 0 Å². The monoisotopic (exact) mass is 547 g/mol. The smallest absolute Gasteiger partial charge is 0.267 e. The number of nitrogens with zero attached hydrogens (tertiary/aromatic N) is 1. The largest absolute Gasteiger partial charge is 0.508 e. The lowest BCUT2D eigenvalue weighted by Gasteiger charge is -2.29. The van der Waals surface area contributed by atoms with Crippen LogP contribution in [-0.4, -0.2) is 47.6 Å². The quantitative estimate of drug-likeness (QED) is 0.140. The number of sulfonamides is 1. The second kappa shape index (κ2) is 10.9. The van der Waals surface area contributed by atoms with E-state index in [-0.39, 0.29) is 23.2 Å². The molecule has 1 aliphatic rings. The average Bonchev–Trinajstić information content (AvgIpc) is 3.55. The van der Waals surface area contributed by atoms with Gasteiger partial charge in [-0.1, -0.05) is 18.2 Å². The van der Waals surface area contributed by atoms with Crippen LogP contribution in [0.3, 0.4) is 0 Å². The van der Waals surface area contributed by atoms with Crippen molar-refractivity contribution in [1.82, 2.24) is 14.8 Å². The van der Waals surface area contributed by atoms with E-state index in [9.17, 15) is 18.3 Å². The van der Waals surface area contributed by atoms with Gasteiger partial charge in [-0.25, -0.2) is 13.9 Å². The van der Waals surface area contributed by atoms with Gasteiger partial charge in [0.25, 0.3) is 5.91 Å². The normalized spacial score (nSPS) is 15.2. The highest BCUT2D eigenvalue weighted by molar-refractivity contribution is 7.89. The standard InChI is InChI=1S/C29H29N3O6S/c1-38-23-7-11-25-21(18-30-27(25)17-23)14-15-32(39(36,37)24-8-5-22(33)6-9-24)28-12-4-20-16-19(2-10-26(20)28)3-13-29(34)31-35/h2-3,5-11,13,16-18,28,30,33,35H,4,12,14-15H2,1H3,(H,31,34)/b13-3+. The maximum Gasteiger partial charge on any atom is 0.267 e. The molecule has 0 radical (unpaired) electrons. The molecule has 3 aromatic carbocycles. The van der Waals surface area contributed by atoms with E-state index in [1.807, 2.05) is 42.6 Å². The number of hydrogen-bond donors (Lipinski definition) is 4. The van der Waals surface area contributed by atoms with Crippen LogP contribution in [0.1, 0.15) is 34.7 Å². The number of hydroxylamine groups is 1. The molecule has 10 heteroatoms. The Balaban J connectivity index is 1.48. The minimum atomic E-state index is -3.90. The van der Waals surface area contributed by atoms with Gasteiger partial charge >= 0.3 is 0 Å². The maximum absolute atomic E-state index is 14.0. The van der Waals surface area contributed by atoms with Crippen molar-refractivity contribution in [2.75, 3.05) is 13.7 Å². The number of H-pyrrole nitrogens is 1. The molecule has 1 heterocycles. The molecule has 4 N–H and O–H groups in total. The Morgan fingerprint density at radius 1 is 1.15 bits per heavy atom. The molecule has 0 bridgehead atoms. The van der Waals surface area contributed by atoms with Crippen molar-refractivity contribution in [1.29, 1.82) is 0 Å². The van der Waals surface area contributed by atoms with E-state index in [2.05, 4.69) is 4.98 Å². The maximum atomic E-state index is 14.0. The molecule has 0 spiro atoms. The SMILES string of the molecule is COc1ccc2c(CCN(C3CCc4cc(/C=C/C(=O)NO)ccc43)S(=O)(=O)c3ccc(O)cc3)c[nH]c2c1.